The summed E-state index contributed by atoms with van der Waals surface area (Å²) in [7, 11) is 1.42. The maximum absolute atomic E-state index is 11.8. The molecule has 2 N–H and O–H groups in total. The number of hydrogen-bond donors (Lipinski definition) is 1. The largest absolute Gasteiger partial charge is 0.467 e. The van der Waals surface area contributed by atoms with E-state index in [-0.39, 0.29) is 17.0 Å². The Hall–Kier alpha value is -1.69. The molecule has 0 amide bonds. The number of methoxy groups -OCH3 is 1. The van der Waals surface area contributed by atoms with Crippen LogP contribution in [0, 0.1) is 0 Å². The number of piperidine rings is 1. The molecule has 1 saturated heterocycles. The first kappa shape index (κ1) is 13.7. The van der Waals surface area contributed by atoms with E-state index in [1.54, 1.807) is 12.3 Å². The number of anilines is 1. The van der Waals surface area contributed by atoms with Gasteiger partial charge in [0.25, 0.3) is 0 Å². The molecule has 0 aliphatic carbocycles. The number of carbonyl (C=O) groups excluding carboxylic acids is 1. The van der Waals surface area contributed by atoms with Gasteiger partial charge in [0.05, 0.1) is 24.7 Å². The summed E-state index contributed by atoms with van der Waals surface area (Å²) < 4.78 is 4.86. The fourth-order valence-corrected chi connectivity index (χ4v) is 2.44. The summed E-state index contributed by atoms with van der Waals surface area (Å²) in [6, 6.07) is 3.44. The van der Waals surface area contributed by atoms with Crippen LogP contribution in [-0.2, 0) is 9.53 Å². The Morgan fingerprint density at radius 1 is 1.53 bits per heavy atom. The van der Waals surface area contributed by atoms with Crippen LogP contribution >= 0.6 is 12.2 Å². The Morgan fingerprint density at radius 3 is 2.89 bits per heavy atom. The molecule has 2 rings (SSSR count). The molecule has 0 bridgehead atoms. The summed E-state index contributed by atoms with van der Waals surface area (Å²) >= 11 is 4.87. The zero-order chi connectivity index (χ0) is 13.8. The molecule has 1 aromatic rings. The van der Waals surface area contributed by atoms with E-state index >= 15 is 0 Å². The first-order valence-corrected chi connectivity index (χ1v) is 6.64. The molecule has 0 radical (unpaired) electrons. The van der Waals surface area contributed by atoms with Gasteiger partial charge < -0.3 is 15.4 Å². The summed E-state index contributed by atoms with van der Waals surface area (Å²) in [4.78, 5) is 18.3. The van der Waals surface area contributed by atoms with Crippen molar-refractivity contribution >= 4 is 28.9 Å². The number of rotatable bonds is 3. The lowest BCUT2D eigenvalue weighted by atomic mass is 10.0. The van der Waals surface area contributed by atoms with Gasteiger partial charge in [0.2, 0.25) is 0 Å². The van der Waals surface area contributed by atoms with E-state index in [0.717, 1.165) is 31.5 Å². The number of aromatic nitrogens is 1. The number of esters is 1. The van der Waals surface area contributed by atoms with Crippen LogP contribution in [0.25, 0.3) is 0 Å². The molecule has 1 fully saturated rings. The van der Waals surface area contributed by atoms with Gasteiger partial charge in [-0.3, -0.25) is 4.98 Å². The summed E-state index contributed by atoms with van der Waals surface area (Å²) in [6.45, 7) is 0.827. The van der Waals surface area contributed by atoms with Crippen molar-refractivity contribution in [3.05, 3.63) is 24.0 Å². The molecule has 5 nitrogen and oxygen atoms in total. The first-order valence-electron chi connectivity index (χ1n) is 6.24. The van der Waals surface area contributed by atoms with Gasteiger partial charge in [0.15, 0.2) is 0 Å². The Kier molecular flexibility index (Phi) is 4.31. The number of pyridine rings is 1. The van der Waals surface area contributed by atoms with Crippen molar-refractivity contribution in [3.63, 3.8) is 0 Å². The molecule has 0 aromatic carbocycles. The van der Waals surface area contributed by atoms with Crippen LogP contribution in [0.15, 0.2) is 18.3 Å². The van der Waals surface area contributed by atoms with Crippen LogP contribution in [0.5, 0.6) is 0 Å². The summed E-state index contributed by atoms with van der Waals surface area (Å²) in [6.07, 6.45) is 4.61. The van der Waals surface area contributed by atoms with Gasteiger partial charge in [-0.15, -0.1) is 0 Å². The highest BCUT2D eigenvalue weighted by atomic mass is 32.1. The van der Waals surface area contributed by atoms with E-state index in [0.29, 0.717) is 5.69 Å². The van der Waals surface area contributed by atoms with Crippen LogP contribution in [-0.4, -0.2) is 35.6 Å². The van der Waals surface area contributed by atoms with E-state index in [2.05, 4.69) is 4.98 Å². The Balaban J connectivity index is 2.22. The minimum absolute atomic E-state index is 0.196. The molecule has 1 aromatic heterocycles. The summed E-state index contributed by atoms with van der Waals surface area (Å²) in [5.74, 6) is -0.196. The Labute approximate surface area is 117 Å². The third-order valence-corrected chi connectivity index (χ3v) is 3.52. The normalized spacial score (nSPS) is 19.0. The third-order valence-electron chi connectivity index (χ3n) is 3.31. The summed E-state index contributed by atoms with van der Waals surface area (Å²) in [5.41, 5.74) is 7.01. The lowest BCUT2D eigenvalue weighted by molar-refractivity contribution is -0.142. The minimum atomic E-state index is -0.226. The van der Waals surface area contributed by atoms with Crippen molar-refractivity contribution in [2.45, 2.75) is 25.3 Å². The van der Waals surface area contributed by atoms with Crippen LogP contribution in [0.4, 0.5) is 5.69 Å². The molecule has 1 aliphatic heterocycles. The molecule has 1 aliphatic rings. The van der Waals surface area contributed by atoms with Gasteiger partial charge in [-0.25, -0.2) is 4.79 Å². The minimum Gasteiger partial charge on any atom is -0.467 e. The average molecular weight is 279 g/mol. The monoisotopic (exact) mass is 279 g/mol. The van der Waals surface area contributed by atoms with Crippen molar-refractivity contribution in [1.29, 1.82) is 0 Å². The number of nitrogens with two attached hydrogens (primary N) is 1. The zero-order valence-electron chi connectivity index (χ0n) is 10.8. The topological polar surface area (TPSA) is 68.5 Å². The SMILES string of the molecule is COC(=O)C1CCCCN1c1ccc(C(N)=S)nc1. The van der Waals surface area contributed by atoms with E-state index < -0.39 is 0 Å². The van der Waals surface area contributed by atoms with Gasteiger partial charge in [0.1, 0.15) is 11.0 Å². The van der Waals surface area contributed by atoms with Gasteiger partial charge in [-0.05, 0) is 31.4 Å². The predicted molar refractivity (Wildman–Crippen MR) is 77.1 cm³/mol. The lowest BCUT2D eigenvalue weighted by Crippen LogP contribution is -2.45. The van der Waals surface area contributed by atoms with Crippen molar-refractivity contribution in [3.8, 4) is 0 Å². The Bertz CT molecular complexity index is 475. The highest BCUT2D eigenvalue weighted by molar-refractivity contribution is 7.80. The fourth-order valence-electron chi connectivity index (χ4n) is 2.32. The third kappa shape index (κ3) is 3.01. The van der Waals surface area contributed by atoms with Gasteiger partial charge in [-0.2, -0.15) is 0 Å². The smallest absolute Gasteiger partial charge is 0.328 e. The molecule has 102 valence electrons. The van der Waals surface area contributed by atoms with Gasteiger partial charge in [0, 0.05) is 6.54 Å². The Morgan fingerprint density at radius 2 is 2.32 bits per heavy atom. The second-order valence-corrected chi connectivity index (χ2v) is 4.93. The highest BCUT2D eigenvalue weighted by Crippen LogP contribution is 2.25. The first-order chi connectivity index (χ1) is 9.13. The second-order valence-electron chi connectivity index (χ2n) is 4.49. The quantitative estimate of drug-likeness (QED) is 0.663. The molecular weight excluding hydrogens is 262 g/mol. The van der Waals surface area contributed by atoms with Gasteiger partial charge in [-0.1, -0.05) is 12.2 Å². The van der Waals surface area contributed by atoms with Crippen molar-refractivity contribution in [2.75, 3.05) is 18.6 Å². The summed E-state index contributed by atoms with van der Waals surface area (Å²) in [5, 5.41) is 0. The van der Waals surface area contributed by atoms with Crippen LogP contribution in [0.2, 0.25) is 0 Å². The standard InChI is InChI=1S/C13H17N3O2S/c1-18-13(17)11-4-2-3-7-16(11)9-5-6-10(12(14)19)15-8-9/h5-6,8,11H,2-4,7H2,1H3,(H2,14,19). The molecule has 6 heteroatoms. The molecule has 19 heavy (non-hydrogen) atoms. The van der Waals surface area contributed by atoms with Gasteiger partial charge >= 0.3 is 5.97 Å². The number of nitrogens with zero attached hydrogens (tertiary/aromatic N) is 2. The van der Waals surface area contributed by atoms with E-state index in [1.165, 1.54) is 7.11 Å². The fraction of sp³-hybridized carbons (Fsp3) is 0.462. The lowest BCUT2D eigenvalue weighted by Gasteiger charge is -2.35. The molecule has 2 heterocycles. The van der Waals surface area contributed by atoms with Crippen LogP contribution in [0.3, 0.4) is 0 Å². The van der Waals surface area contributed by atoms with Crippen molar-refractivity contribution < 1.29 is 9.53 Å². The predicted octanol–water partition coefficient (Wildman–Crippen LogP) is 1.25. The van der Waals surface area contributed by atoms with Crippen LogP contribution in [0.1, 0.15) is 25.0 Å². The highest BCUT2D eigenvalue weighted by Gasteiger charge is 2.29. The molecule has 1 atom stereocenters. The second kappa shape index (κ2) is 5.97. The van der Waals surface area contributed by atoms with E-state index in [4.69, 9.17) is 22.7 Å². The number of hydrogen-bond acceptors (Lipinski definition) is 5. The van der Waals surface area contributed by atoms with E-state index in [1.807, 2.05) is 11.0 Å². The average Bonchev–Trinajstić information content (AvgIpc) is 2.46. The molecule has 0 saturated carbocycles. The van der Waals surface area contributed by atoms with Crippen LogP contribution < -0.4 is 10.6 Å². The molecule has 1 unspecified atom stereocenters. The molecular formula is C13H17N3O2S. The number of thiocarbonyl (C=S) groups is 1. The maximum Gasteiger partial charge on any atom is 0.328 e. The number of carbonyl (C=O) groups is 1. The van der Waals surface area contributed by atoms with Crippen molar-refractivity contribution in [2.24, 2.45) is 5.73 Å². The maximum atomic E-state index is 11.8. The molecule has 0 spiro atoms. The van der Waals surface area contributed by atoms with Crippen molar-refractivity contribution in [1.82, 2.24) is 4.98 Å². The number of ether oxygens (including phenoxy) is 1. The zero-order valence-corrected chi connectivity index (χ0v) is 11.7. The van der Waals surface area contributed by atoms with E-state index in [9.17, 15) is 4.79 Å².